The zero-order valence-corrected chi connectivity index (χ0v) is 14.7. The fourth-order valence-corrected chi connectivity index (χ4v) is 5.06. The van der Waals surface area contributed by atoms with Crippen LogP contribution in [0, 0.1) is 22.7 Å². The van der Waals surface area contributed by atoms with E-state index in [1.54, 1.807) is 5.57 Å². The van der Waals surface area contributed by atoms with Crippen molar-refractivity contribution < 1.29 is 5.11 Å². The average molecular weight is 290 g/mol. The van der Waals surface area contributed by atoms with Crippen LogP contribution in [0.2, 0.25) is 0 Å². The van der Waals surface area contributed by atoms with Crippen molar-refractivity contribution in [1.82, 2.24) is 0 Å². The lowest BCUT2D eigenvalue weighted by molar-refractivity contribution is -0.0466. The number of allylic oxidation sites excluding steroid dienone is 3. The second-order valence-corrected chi connectivity index (χ2v) is 8.11. The molecule has 0 saturated heterocycles. The molecule has 2 aliphatic carbocycles. The fraction of sp³-hybridized carbons (Fsp3) is 0.800. The van der Waals surface area contributed by atoms with Crippen LogP contribution in [0.25, 0.3) is 0 Å². The first-order valence-electron chi connectivity index (χ1n) is 8.78. The molecule has 0 bridgehead atoms. The second-order valence-electron chi connectivity index (χ2n) is 8.11. The van der Waals surface area contributed by atoms with Crippen LogP contribution in [0.1, 0.15) is 73.1 Å². The Hall–Kier alpha value is -0.560. The van der Waals surface area contributed by atoms with E-state index in [1.165, 1.54) is 37.7 Å². The van der Waals surface area contributed by atoms with Crippen LogP contribution < -0.4 is 0 Å². The number of fused-ring (bicyclic) bond motifs is 1. The highest BCUT2D eigenvalue weighted by Gasteiger charge is 2.52. The van der Waals surface area contributed by atoms with Crippen molar-refractivity contribution in [2.75, 3.05) is 6.61 Å². The molecule has 1 unspecified atom stereocenters. The minimum atomic E-state index is 0.182. The summed E-state index contributed by atoms with van der Waals surface area (Å²) >= 11 is 0. The molecule has 0 aromatic carbocycles. The number of hydrogen-bond donors (Lipinski definition) is 1. The molecule has 0 aromatic heterocycles. The predicted octanol–water partition coefficient (Wildman–Crippen LogP) is 5.50. The summed E-state index contributed by atoms with van der Waals surface area (Å²) in [6, 6.07) is 0. The Morgan fingerprint density at radius 3 is 2.76 bits per heavy atom. The van der Waals surface area contributed by atoms with Gasteiger partial charge in [-0.2, -0.15) is 0 Å². The summed E-state index contributed by atoms with van der Waals surface area (Å²) in [6.45, 7) is 12.2. The Kier molecular flexibility index (Phi) is 5.03. The van der Waals surface area contributed by atoms with Gasteiger partial charge in [-0.05, 0) is 75.0 Å². The van der Waals surface area contributed by atoms with E-state index in [0.29, 0.717) is 10.8 Å². The van der Waals surface area contributed by atoms with E-state index in [1.807, 2.05) is 6.08 Å². The van der Waals surface area contributed by atoms with Gasteiger partial charge in [0.05, 0.1) is 6.61 Å². The van der Waals surface area contributed by atoms with Crippen molar-refractivity contribution in [1.29, 1.82) is 0 Å². The van der Waals surface area contributed by atoms with Gasteiger partial charge < -0.3 is 5.11 Å². The summed E-state index contributed by atoms with van der Waals surface area (Å²) in [6.07, 6.45) is 12.2. The lowest BCUT2D eigenvalue weighted by Crippen LogP contribution is -2.49. The molecular weight excluding hydrogens is 256 g/mol. The molecule has 0 heterocycles. The van der Waals surface area contributed by atoms with Gasteiger partial charge in [-0.1, -0.05) is 44.1 Å². The molecule has 0 aromatic rings. The molecule has 2 aliphatic rings. The highest BCUT2D eigenvalue weighted by Crippen LogP contribution is 2.61. The van der Waals surface area contributed by atoms with E-state index >= 15 is 0 Å². The number of aliphatic hydroxyl groups excluding tert-OH is 1. The van der Waals surface area contributed by atoms with E-state index in [9.17, 15) is 0 Å². The van der Waals surface area contributed by atoms with Crippen molar-refractivity contribution >= 4 is 0 Å². The maximum atomic E-state index is 9.07. The minimum Gasteiger partial charge on any atom is -0.392 e. The van der Waals surface area contributed by atoms with Gasteiger partial charge in [-0.15, -0.1) is 0 Å². The maximum Gasteiger partial charge on any atom is 0.0614 e. The topological polar surface area (TPSA) is 20.2 Å². The quantitative estimate of drug-likeness (QED) is 0.677. The maximum absolute atomic E-state index is 9.07. The number of aliphatic hydroxyl groups is 1. The van der Waals surface area contributed by atoms with Crippen molar-refractivity contribution in [2.24, 2.45) is 22.7 Å². The molecule has 2 rings (SSSR count). The first kappa shape index (κ1) is 16.8. The Morgan fingerprint density at radius 2 is 2.10 bits per heavy atom. The van der Waals surface area contributed by atoms with E-state index in [-0.39, 0.29) is 6.61 Å². The van der Waals surface area contributed by atoms with Gasteiger partial charge >= 0.3 is 0 Å². The Bertz CT molecular complexity index is 433. The van der Waals surface area contributed by atoms with Gasteiger partial charge in [-0.3, -0.25) is 0 Å². The first-order chi connectivity index (χ1) is 9.84. The van der Waals surface area contributed by atoms with Crippen molar-refractivity contribution in [3.8, 4) is 0 Å². The molecule has 120 valence electrons. The summed E-state index contributed by atoms with van der Waals surface area (Å²) in [7, 11) is 0. The van der Waals surface area contributed by atoms with Crippen LogP contribution in [0.4, 0.5) is 0 Å². The van der Waals surface area contributed by atoms with Crippen LogP contribution >= 0.6 is 0 Å². The molecule has 0 amide bonds. The number of rotatable bonds is 4. The Labute approximate surface area is 131 Å². The highest BCUT2D eigenvalue weighted by atomic mass is 16.2. The van der Waals surface area contributed by atoms with E-state index in [4.69, 9.17) is 5.11 Å². The Balaban J connectivity index is 2.23. The summed E-state index contributed by atoms with van der Waals surface area (Å²) in [5.74, 6) is 1.63. The van der Waals surface area contributed by atoms with Crippen molar-refractivity contribution in [2.45, 2.75) is 73.1 Å². The normalized spacial score (nSPS) is 40.7. The van der Waals surface area contributed by atoms with Gasteiger partial charge in [0.15, 0.2) is 0 Å². The first-order valence-corrected chi connectivity index (χ1v) is 8.78. The van der Waals surface area contributed by atoms with Crippen LogP contribution in [0.3, 0.4) is 0 Å². The second kappa shape index (κ2) is 6.28. The van der Waals surface area contributed by atoms with Crippen molar-refractivity contribution in [3.63, 3.8) is 0 Å². The van der Waals surface area contributed by atoms with Crippen molar-refractivity contribution in [3.05, 3.63) is 23.3 Å². The zero-order valence-electron chi connectivity index (χ0n) is 14.7. The fourth-order valence-electron chi connectivity index (χ4n) is 5.06. The summed E-state index contributed by atoms with van der Waals surface area (Å²) < 4.78 is 0. The largest absolute Gasteiger partial charge is 0.392 e. The highest BCUT2D eigenvalue weighted by molar-refractivity contribution is 5.21. The third-order valence-corrected chi connectivity index (χ3v) is 7.09. The lowest BCUT2D eigenvalue weighted by atomic mass is 9.47. The standard InChI is InChI=1S/C20H34O/c1-15(11-14-21)9-12-19(4)17(3)10-13-20(5)16(2)7-6-8-18(19)20/h7,11,17-18,21H,6,8-10,12-14H2,1-5H3/t17-,18?,19+,20+/m0/s1. The predicted molar refractivity (Wildman–Crippen MR) is 91.2 cm³/mol. The molecule has 0 radical (unpaired) electrons. The van der Waals surface area contributed by atoms with Gasteiger partial charge in [-0.25, -0.2) is 0 Å². The van der Waals surface area contributed by atoms with Crippen LogP contribution in [0.5, 0.6) is 0 Å². The smallest absolute Gasteiger partial charge is 0.0614 e. The average Bonchev–Trinajstić information content (AvgIpc) is 2.44. The Morgan fingerprint density at radius 1 is 1.38 bits per heavy atom. The SMILES string of the molecule is CC(=CCO)CC[C@@]1(C)C2CCC=C(C)[C@@]2(C)CC[C@@H]1C. The minimum absolute atomic E-state index is 0.182. The lowest BCUT2D eigenvalue weighted by Gasteiger charge is -2.58. The third kappa shape index (κ3) is 2.99. The summed E-state index contributed by atoms with van der Waals surface area (Å²) in [4.78, 5) is 0. The van der Waals surface area contributed by atoms with Gasteiger partial charge in [0, 0.05) is 0 Å². The molecule has 4 atom stereocenters. The molecular formula is C20H34O. The van der Waals surface area contributed by atoms with Gasteiger partial charge in [0.25, 0.3) is 0 Å². The van der Waals surface area contributed by atoms with E-state index in [0.717, 1.165) is 18.3 Å². The molecule has 1 fully saturated rings. The molecule has 0 spiro atoms. The van der Waals surface area contributed by atoms with Crippen LogP contribution in [-0.2, 0) is 0 Å². The molecule has 0 aliphatic heterocycles. The third-order valence-electron chi connectivity index (χ3n) is 7.09. The van der Waals surface area contributed by atoms with Gasteiger partial charge in [0.2, 0.25) is 0 Å². The molecule has 21 heavy (non-hydrogen) atoms. The molecule has 1 nitrogen and oxygen atoms in total. The monoisotopic (exact) mass is 290 g/mol. The van der Waals surface area contributed by atoms with E-state index in [2.05, 4.69) is 40.7 Å². The molecule has 1 heteroatoms. The van der Waals surface area contributed by atoms with Gasteiger partial charge in [0.1, 0.15) is 0 Å². The summed E-state index contributed by atoms with van der Waals surface area (Å²) in [5.41, 5.74) is 3.85. The summed E-state index contributed by atoms with van der Waals surface area (Å²) in [5, 5.41) is 9.07. The molecule has 1 N–H and O–H groups in total. The number of hydrogen-bond acceptors (Lipinski definition) is 1. The van der Waals surface area contributed by atoms with Crippen LogP contribution in [-0.4, -0.2) is 11.7 Å². The molecule has 1 saturated carbocycles. The van der Waals surface area contributed by atoms with E-state index < -0.39 is 0 Å². The van der Waals surface area contributed by atoms with Crippen LogP contribution in [0.15, 0.2) is 23.3 Å². The zero-order chi connectivity index (χ0) is 15.7.